The Morgan fingerprint density at radius 1 is 1.07 bits per heavy atom. The second-order valence-electron chi connectivity index (χ2n) is 6.30. The van der Waals surface area contributed by atoms with E-state index in [9.17, 15) is 9.59 Å². The number of nitrogens with zero attached hydrogens (tertiary/aromatic N) is 1. The molecule has 1 fully saturated rings. The van der Waals surface area contributed by atoms with Crippen LogP contribution in [0.1, 0.15) is 19.8 Å². The Labute approximate surface area is 165 Å². The SMILES string of the molecule is CCOC(=O)N1CCC(NCC(=O)Nc2cc(OC)c(OC)c(OC)c2)CC1. The zero-order chi connectivity index (χ0) is 20.5. The van der Waals surface area contributed by atoms with Gasteiger partial charge in [0.25, 0.3) is 0 Å². The third-order valence-corrected chi connectivity index (χ3v) is 4.52. The molecule has 1 aliphatic rings. The molecule has 0 radical (unpaired) electrons. The summed E-state index contributed by atoms with van der Waals surface area (Å²) in [7, 11) is 4.57. The van der Waals surface area contributed by atoms with Crippen LogP contribution in [0.3, 0.4) is 0 Å². The molecule has 28 heavy (non-hydrogen) atoms. The van der Waals surface area contributed by atoms with E-state index in [0.717, 1.165) is 12.8 Å². The van der Waals surface area contributed by atoms with Crippen LogP contribution in [0.5, 0.6) is 17.2 Å². The minimum absolute atomic E-state index is 0.167. The number of hydrogen-bond acceptors (Lipinski definition) is 7. The number of likely N-dealkylation sites (tertiary alicyclic amines) is 1. The largest absolute Gasteiger partial charge is 0.493 e. The van der Waals surface area contributed by atoms with Gasteiger partial charge in [0, 0.05) is 37.0 Å². The lowest BCUT2D eigenvalue weighted by molar-refractivity contribution is -0.115. The fourth-order valence-corrected chi connectivity index (χ4v) is 3.08. The van der Waals surface area contributed by atoms with Crippen LogP contribution >= 0.6 is 0 Å². The van der Waals surface area contributed by atoms with Crippen LogP contribution in [-0.2, 0) is 9.53 Å². The van der Waals surface area contributed by atoms with E-state index in [4.69, 9.17) is 18.9 Å². The predicted molar refractivity (Wildman–Crippen MR) is 104 cm³/mol. The molecule has 1 aliphatic heterocycles. The van der Waals surface area contributed by atoms with Crippen molar-refractivity contribution in [3.63, 3.8) is 0 Å². The molecule has 0 unspecified atom stereocenters. The highest BCUT2D eigenvalue weighted by atomic mass is 16.6. The maximum absolute atomic E-state index is 12.3. The summed E-state index contributed by atoms with van der Waals surface area (Å²) in [5.41, 5.74) is 0.554. The summed E-state index contributed by atoms with van der Waals surface area (Å²) in [6.07, 6.45) is 1.27. The van der Waals surface area contributed by atoms with Gasteiger partial charge in [-0.3, -0.25) is 4.79 Å². The molecule has 0 saturated carbocycles. The molecule has 1 aromatic carbocycles. The van der Waals surface area contributed by atoms with Gasteiger partial charge in [-0.25, -0.2) is 4.79 Å². The van der Waals surface area contributed by atoms with Crippen LogP contribution in [0.2, 0.25) is 0 Å². The third-order valence-electron chi connectivity index (χ3n) is 4.52. The van der Waals surface area contributed by atoms with Crippen LogP contribution in [0.4, 0.5) is 10.5 Å². The number of amides is 2. The molecule has 2 rings (SSSR count). The Morgan fingerprint density at radius 2 is 1.68 bits per heavy atom. The molecule has 0 bridgehead atoms. The van der Waals surface area contributed by atoms with Crippen molar-refractivity contribution in [3.05, 3.63) is 12.1 Å². The van der Waals surface area contributed by atoms with E-state index >= 15 is 0 Å². The van der Waals surface area contributed by atoms with E-state index in [1.807, 2.05) is 0 Å². The molecule has 0 aliphatic carbocycles. The van der Waals surface area contributed by atoms with E-state index in [1.165, 1.54) is 21.3 Å². The summed E-state index contributed by atoms with van der Waals surface area (Å²) in [5, 5.41) is 6.06. The first kappa shape index (κ1) is 21.6. The normalized spacial score (nSPS) is 14.4. The Kier molecular flexibility index (Phi) is 8.19. The molecule has 2 N–H and O–H groups in total. The van der Waals surface area contributed by atoms with E-state index in [-0.39, 0.29) is 24.6 Å². The van der Waals surface area contributed by atoms with E-state index in [0.29, 0.717) is 42.6 Å². The van der Waals surface area contributed by atoms with Crippen molar-refractivity contribution in [2.75, 3.05) is 52.9 Å². The number of ether oxygens (including phenoxy) is 4. The molecule has 1 saturated heterocycles. The van der Waals surface area contributed by atoms with Crippen LogP contribution < -0.4 is 24.8 Å². The predicted octanol–water partition coefficient (Wildman–Crippen LogP) is 1.86. The number of rotatable bonds is 8. The van der Waals surface area contributed by atoms with E-state index < -0.39 is 0 Å². The van der Waals surface area contributed by atoms with Gasteiger partial charge < -0.3 is 34.5 Å². The molecule has 2 amide bonds. The highest BCUT2D eigenvalue weighted by Gasteiger charge is 2.23. The van der Waals surface area contributed by atoms with Gasteiger partial charge in [-0.2, -0.15) is 0 Å². The zero-order valence-electron chi connectivity index (χ0n) is 16.9. The van der Waals surface area contributed by atoms with Gasteiger partial charge in [-0.05, 0) is 19.8 Å². The fraction of sp³-hybridized carbons (Fsp3) is 0.579. The van der Waals surface area contributed by atoms with Gasteiger partial charge >= 0.3 is 6.09 Å². The molecule has 0 aromatic heterocycles. The first-order valence-corrected chi connectivity index (χ1v) is 9.27. The van der Waals surface area contributed by atoms with Crippen molar-refractivity contribution >= 4 is 17.7 Å². The number of hydrogen-bond donors (Lipinski definition) is 2. The monoisotopic (exact) mass is 395 g/mol. The number of benzene rings is 1. The Bertz CT molecular complexity index is 649. The molecule has 9 heteroatoms. The summed E-state index contributed by atoms with van der Waals surface area (Å²) < 4.78 is 20.9. The first-order valence-electron chi connectivity index (χ1n) is 9.27. The molecular weight excluding hydrogens is 366 g/mol. The Balaban J connectivity index is 1.84. The lowest BCUT2D eigenvalue weighted by atomic mass is 10.1. The van der Waals surface area contributed by atoms with Gasteiger partial charge in [-0.15, -0.1) is 0 Å². The van der Waals surface area contributed by atoms with Gasteiger partial charge in [0.15, 0.2) is 11.5 Å². The average molecular weight is 395 g/mol. The summed E-state index contributed by atoms with van der Waals surface area (Å²) in [6, 6.07) is 3.53. The van der Waals surface area contributed by atoms with Crippen LogP contribution in [0.15, 0.2) is 12.1 Å². The van der Waals surface area contributed by atoms with Crippen molar-refractivity contribution in [2.24, 2.45) is 0 Å². The molecule has 0 atom stereocenters. The fourth-order valence-electron chi connectivity index (χ4n) is 3.08. The van der Waals surface area contributed by atoms with Gasteiger partial charge in [0.05, 0.1) is 34.5 Å². The smallest absolute Gasteiger partial charge is 0.409 e. The highest BCUT2D eigenvalue weighted by Crippen LogP contribution is 2.39. The molecular formula is C19H29N3O6. The van der Waals surface area contributed by atoms with Crippen LogP contribution in [0, 0.1) is 0 Å². The number of piperidine rings is 1. The van der Waals surface area contributed by atoms with Gasteiger partial charge in [-0.1, -0.05) is 0 Å². The standard InChI is InChI=1S/C19H29N3O6/c1-5-28-19(24)22-8-6-13(7-9-22)20-12-17(23)21-14-10-15(25-2)18(27-4)16(11-14)26-3/h10-11,13,20H,5-9,12H2,1-4H3,(H,21,23). The van der Waals surface area contributed by atoms with Crippen molar-refractivity contribution in [2.45, 2.75) is 25.8 Å². The minimum atomic E-state index is -0.277. The van der Waals surface area contributed by atoms with Crippen molar-refractivity contribution in [1.82, 2.24) is 10.2 Å². The second-order valence-corrected chi connectivity index (χ2v) is 6.30. The van der Waals surface area contributed by atoms with E-state index in [1.54, 1.807) is 24.0 Å². The summed E-state index contributed by atoms with van der Waals surface area (Å²) in [6.45, 7) is 3.56. The number of carbonyl (C=O) groups is 2. The summed E-state index contributed by atoms with van der Waals surface area (Å²) in [5.74, 6) is 1.23. The quantitative estimate of drug-likeness (QED) is 0.693. The molecule has 0 spiro atoms. The maximum Gasteiger partial charge on any atom is 0.409 e. The lowest BCUT2D eigenvalue weighted by Crippen LogP contribution is -2.46. The number of nitrogens with one attached hydrogen (secondary N) is 2. The minimum Gasteiger partial charge on any atom is -0.493 e. The second kappa shape index (κ2) is 10.6. The van der Waals surface area contributed by atoms with E-state index in [2.05, 4.69) is 10.6 Å². The molecule has 156 valence electrons. The van der Waals surface area contributed by atoms with Crippen LogP contribution in [-0.4, -0.2) is 70.5 Å². The molecule has 1 heterocycles. The first-order chi connectivity index (χ1) is 13.5. The van der Waals surface area contributed by atoms with Crippen LogP contribution in [0.25, 0.3) is 0 Å². The zero-order valence-corrected chi connectivity index (χ0v) is 16.9. The number of methoxy groups -OCH3 is 3. The average Bonchev–Trinajstić information content (AvgIpc) is 2.72. The van der Waals surface area contributed by atoms with Gasteiger partial charge in [0.1, 0.15) is 0 Å². The Hall–Kier alpha value is -2.68. The molecule has 9 nitrogen and oxygen atoms in total. The van der Waals surface area contributed by atoms with Crippen molar-refractivity contribution in [1.29, 1.82) is 0 Å². The van der Waals surface area contributed by atoms with Crippen molar-refractivity contribution < 1.29 is 28.5 Å². The van der Waals surface area contributed by atoms with Crippen molar-refractivity contribution in [3.8, 4) is 17.2 Å². The maximum atomic E-state index is 12.3. The summed E-state index contributed by atoms with van der Waals surface area (Å²) in [4.78, 5) is 25.7. The third kappa shape index (κ3) is 5.66. The lowest BCUT2D eigenvalue weighted by Gasteiger charge is -2.31. The molecule has 1 aromatic rings. The Morgan fingerprint density at radius 3 is 2.18 bits per heavy atom. The number of carbonyl (C=O) groups excluding carboxylic acids is 2. The highest BCUT2D eigenvalue weighted by molar-refractivity contribution is 5.93. The van der Waals surface area contributed by atoms with Gasteiger partial charge in [0.2, 0.25) is 11.7 Å². The topological polar surface area (TPSA) is 98.4 Å². The number of anilines is 1. The summed E-state index contributed by atoms with van der Waals surface area (Å²) >= 11 is 0.